The molecule has 0 fully saturated rings. The maximum atomic E-state index is 5.86. The SMILES string of the molecule is c1ccc(OCOc2ccc(-c3ncc(-c4ccccc4)o3)cc2)cc1. The van der Waals surface area contributed by atoms with Gasteiger partial charge in [-0.05, 0) is 36.4 Å². The van der Waals surface area contributed by atoms with Crippen LogP contribution in [0.4, 0.5) is 0 Å². The fourth-order valence-electron chi connectivity index (χ4n) is 2.52. The van der Waals surface area contributed by atoms with Gasteiger partial charge in [0.25, 0.3) is 0 Å². The molecule has 0 atom stereocenters. The highest BCUT2D eigenvalue weighted by atomic mass is 16.7. The first-order valence-electron chi connectivity index (χ1n) is 8.31. The Labute approximate surface area is 151 Å². The van der Waals surface area contributed by atoms with Gasteiger partial charge in [-0.1, -0.05) is 48.5 Å². The molecule has 1 aromatic heterocycles. The zero-order chi connectivity index (χ0) is 17.6. The zero-order valence-corrected chi connectivity index (χ0v) is 14.0. The standard InChI is InChI=1S/C22H17NO3/c1-3-7-17(8-4-1)21-15-23-22(26-21)18-11-13-20(14-12-18)25-16-24-19-9-5-2-6-10-19/h1-15H,16H2. The summed E-state index contributed by atoms with van der Waals surface area (Å²) in [5.41, 5.74) is 1.90. The monoisotopic (exact) mass is 343 g/mol. The molecule has 0 aliphatic rings. The number of hydrogen-bond donors (Lipinski definition) is 0. The topological polar surface area (TPSA) is 44.5 Å². The Morgan fingerprint density at radius 3 is 1.96 bits per heavy atom. The Hall–Kier alpha value is -3.53. The van der Waals surface area contributed by atoms with Crippen molar-refractivity contribution in [3.8, 4) is 34.3 Å². The first-order chi connectivity index (χ1) is 12.9. The van der Waals surface area contributed by atoms with Crippen molar-refractivity contribution in [3.63, 3.8) is 0 Å². The van der Waals surface area contributed by atoms with E-state index in [0.717, 1.165) is 28.4 Å². The minimum Gasteiger partial charge on any atom is -0.458 e. The van der Waals surface area contributed by atoms with Gasteiger partial charge in [0, 0.05) is 11.1 Å². The van der Waals surface area contributed by atoms with Crippen LogP contribution in [0.1, 0.15) is 0 Å². The lowest BCUT2D eigenvalue weighted by Crippen LogP contribution is -2.05. The fraction of sp³-hybridized carbons (Fsp3) is 0.0455. The molecule has 0 bridgehead atoms. The van der Waals surface area contributed by atoms with Gasteiger partial charge in [0.1, 0.15) is 11.5 Å². The molecule has 3 aromatic carbocycles. The first-order valence-corrected chi connectivity index (χ1v) is 8.31. The van der Waals surface area contributed by atoms with Crippen molar-refractivity contribution >= 4 is 0 Å². The van der Waals surface area contributed by atoms with E-state index in [-0.39, 0.29) is 6.79 Å². The molecule has 4 heteroatoms. The second-order valence-electron chi connectivity index (χ2n) is 5.64. The Morgan fingerprint density at radius 2 is 1.27 bits per heavy atom. The van der Waals surface area contributed by atoms with Crippen LogP contribution in [0.5, 0.6) is 11.5 Å². The number of oxazole rings is 1. The molecule has 0 spiro atoms. The third-order valence-corrected chi connectivity index (χ3v) is 3.86. The predicted molar refractivity (Wildman–Crippen MR) is 99.9 cm³/mol. The number of hydrogen-bond acceptors (Lipinski definition) is 4. The van der Waals surface area contributed by atoms with Crippen molar-refractivity contribution in [2.24, 2.45) is 0 Å². The molecular formula is C22H17NO3. The van der Waals surface area contributed by atoms with Crippen LogP contribution in [0.15, 0.2) is 95.5 Å². The van der Waals surface area contributed by atoms with Gasteiger partial charge in [-0.15, -0.1) is 0 Å². The van der Waals surface area contributed by atoms with Crippen molar-refractivity contribution in [1.29, 1.82) is 0 Å². The molecule has 0 radical (unpaired) electrons. The van der Waals surface area contributed by atoms with Crippen LogP contribution in [0.25, 0.3) is 22.8 Å². The Morgan fingerprint density at radius 1 is 0.654 bits per heavy atom. The molecular weight excluding hydrogens is 326 g/mol. The van der Waals surface area contributed by atoms with Crippen molar-refractivity contribution in [2.75, 3.05) is 6.79 Å². The molecule has 0 N–H and O–H groups in total. The van der Waals surface area contributed by atoms with Crippen molar-refractivity contribution in [3.05, 3.63) is 91.1 Å². The van der Waals surface area contributed by atoms with Crippen molar-refractivity contribution in [2.45, 2.75) is 0 Å². The van der Waals surface area contributed by atoms with Crippen LogP contribution < -0.4 is 9.47 Å². The molecule has 0 unspecified atom stereocenters. The second kappa shape index (κ2) is 7.57. The third-order valence-electron chi connectivity index (χ3n) is 3.86. The number of benzene rings is 3. The summed E-state index contributed by atoms with van der Waals surface area (Å²) in [6.45, 7) is 0.153. The second-order valence-corrected chi connectivity index (χ2v) is 5.64. The smallest absolute Gasteiger partial charge is 0.230 e. The molecule has 0 saturated heterocycles. The van der Waals surface area contributed by atoms with Crippen LogP contribution in [0, 0.1) is 0 Å². The van der Waals surface area contributed by atoms with E-state index in [1.807, 2.05) is 84.9 Å². The summed E-state index contributed by atoms with van der Waals surface area (Å²) in [4.78, 5) is 4.36. The highest BCUT2D eigenvalue weighted by molar-refractivity contribution is 5.61. The lowest BCUT2D eigenvalue weighted by Gasteiger charge is -2.08. The van der Waals surface area contributed by atoms with Gasteiger partial charge >= 0.3 is 0 Å². The highest BCUT2D eigenvalue weighted by Gasteiger charge is 2.08. The Kier molecular flexibility index (Phi) is 4.65. The number of aromatic nitrogens is 1. The third kappa shape index (κ3) is 3.75. The van der Waals surface area contributed by atoms with E-state index in [9.17, 15) is 0 Å². The van der Waals surface area contributed by atoms with Crippen LogP contribution >= 0.6 is 0 Å². The van der Waals surface area contributed by atoms with Crippen LogP contribution in [0.2, 0.25) is 0 Å². The van der Waals surface area contributed by atoms with E-state index in [1.165, 1.54) is 0 Å². The van der Waals surface area contributed by atoms with Gasteiger partial charge < -0.3 is 13.9 Å². The van der Waals surface area contributed by atoms with E-state index < -0.39 is 0 Å². The average Bonchev–Trinajstić information content (AvgIpc) is 3.20. The summed E-state index contributed by atoms with van der Waals surface area (Å²) >= 11 is 0. The summed E-state index contributed by atoms with van der Waals surface area (Å²) < 4.78 is 17.0. The summed E-state index contributed by atoms with van der Waals surface area (Å²) in [6, 6.07) is 27.0. The maximum absolute atomic E-state index is 5.86. The Bertz CT molecular complexity index is 948. The lowest BCUT2D eigenvalue weighted by molar-refractivity contribution is 0.120. The predicted octanol–water partition coefficient (Wildman–Crippen LogP) is 5.42. The zero-order valence-electron chi connectivity index (χ0n) is 14.0. The molecule has 4 rings (SSSR count). The van der Waals surface area contributed by atoms with Crippen LogP contribution in [-0.2, 0) is 0 Å². The molecule has 0 aliphatic heterocycles. The van der Waals surface area contributed by atoms with Gasteiger partial charge in [-0.2, -0.15) is 0 Å². The summed E-state index contributed by atoms with van der Waals surface area (Å²) in [5, 5.41) is 0. The summed E-state index contributed by atoms with van der Waals surface area (Å²) in [7, 11) is 0. The molecule has 0 saturated carbocycles. The molecule has 1 heterocycles. The first kappa shape index (κ1) is 16.0. The number of para-hydroxylation sites is 1. The van der Waals surface area contributed by atoms with Gasteiger partial charge in [0.2, 0.25) is 12.7 Å². The molecule has 4 nitrogen and oxygen atoms in total. The van der Waals surface area contributed by atoms with E-state index in [0.29, 0.717) is 5.89 Å². The Balaban J connectivity index is 1.39. The number of ether oxygens (including phenoxy) is 2. The molecule has 26 heavy (non-hydrogen) atoms. The van der Waals surface area contributed by atoms with Gasteiger partial charge in [-0.25, -0.2) is 4.98 Å². The average molecular weight is 343 g/mol. The van der Waals surface area contributed by atoms with E-state index in [2.05, 4.69) is 4.98 Å². The number of rotatable bonds is 6. The summed E-state index contributed by atoms with van der Waals surface area (Å²) in [5.74, 6) is 2.82. The normalized spacial score (nSPS) is 10.5. The molecule has 128 valence electrons. The van der Waals surface area contributed by atoms with Gasteiger partial charge in [0.15, 0.2) is 5.76 Å². The molecule has 0 amide bonds. The maximum Gasteiger partial charge on any atom is 0.230 e. The summed E-state index contributed by atoms with van der Waals surface area (Å²) in [6.07, 6.45) is 1.74. The molecule has 0 aliphatic carbocycles. The minimum absolute atomic E-state index is 0.153. The van der Waals surface area contributed by atoms with Gasteiger partial charge in [-0.3, -0.25) is 0 Å². The van der Waals surface area contributed by atoms with Crippen LogP contribution in [0.3, 0.4) is 0 Å². The fourth-order valence-corrected chi connectivity index (χ4v) is 2.52. The number of nitrogens with zero attached hydrogens (tertiary/aromatic N) is 1. The highest BCUT2D eigenvalue weighted by Crippen LogP contribution is 2.27. The minimum atomic E-state index is 0.153. The van der Waals surface area contributed by atoms with Gasteiger partial charge in [0.05, 0.1) is 6.20 Å². The lowest BCUT2D eigenvalue weighted by atomic mass is 10.2. The quantitative estimate of drug-likeness (QED) is 0.438. The van der Waals surface area contributed by atoms with E-state index in [1.54, 1.807) is 6.20 Å². The van der Waals surface area contributed by atoms with Crippen LogP contribution in [-0.4, -0.2) is 11.8 Å². The molecule has 4 aromatic rings. The van der Waals surface area contributed by atoms with E-state index >= 15 is 0 Å². The van der Waals surface area contributed by atoms with Crippen molar-refractivity contribution < 1.29 is 13.9 Å². The van der Waals surface area contributed by atoms with E-state index in [4.69, 9.17) is 13.9 Å². The van der Waals surface area contributed by atoms with Crippen molar-refractivity contribution in [1.82, 2.24) is 4.98 Å². The largest absolute Gasteiger partial charge is 0.458 e.